The summed E-state index contributed by atoms with van der Waals surface area (Å²) in [6.45, 7) is 6.43. The number of hydrogen-bond donors (Lipinski definition) is 2. The van der Waals surface area contributed by atoms with Crippen LogP contribution in [0.15, 0.2) is 42.5 Å². The molecule has 1 amide bonds. The van der Waals surface area contributed by atoms with Crippen molar-refractivity contribution in [2.45, 2.75) is 27.2 Å². The number of esters is 1. The topological polar surface area (TPSA) is 67.4 Å². The summed E-state index contributed by atoms with van der Waals surface area (Å²) in [6, 6.07) is 12.8. The van der Waals surface area contributed by atoms with Gasteiger partial charge in [0.25, 0.3) is 0 Å². The summed E-state index contributed by atoms with van der Waals surface area (Å²) in [4.78, 5) is 24.0. The van der Waals surface area contributed by atoms with Crippen molar-refractivity contribution in [2.75, 3.05) is 23.8 Å². The highest BCUT2D eigenvalue weighted by molar-refractivity contribution is 5.95. The molecule has 2 aromatic rings. The molecule has 0 spiro atoms. The molecule has 0 atom stereocenters. The van der Waals surface area contributed by atoms with Crippen LogP contribution in [0, 0.1) is 13.8 Å². The van der Waals surface area contributed by atoms with Crippen LogP contribution in [0.5, 0.6) is 0 Å². The Bertz CT molecular complexity index is 756. The number of rotatable bonds is 7. The SMILES string of the molecule is CCCOC(=O)c1cccc(NCC(=O)Nc2ccc(C)cc2C)c1. The van der Waals surface area contributed by atoms with E-state index in [0.717, 1.165) is 23.2 Å². The van der Waals surface area contributed by atoms with E-state index >= 15 is 0 Å². The van der Waals surface area contributed by atoms with E-state index in [1.165, 1.54) is 0 Å². The number of carbonyl (C=O) groups excluding carboxylic acids is 2. The fraction of sp³-hybridized carbons (Fsp3) is 0.300. The molecule has 0 heterocycles. The first-order valence-corrected chi connectivity index (χ1v) is 8.37. The van der Waals surface area contributed by atoms with Crippen LogP contribution in [0.2, 0.25) is 0 Å². The zero-order chi connectivity index (χ0) is 18.2. The molecule has 0 saturated heterocycles. The first-order chi connectivity index (χ1) is 12.0. The first-order valence-electron chi connectivity index (χ1n) is 8.37. The average molecular weight is 340 g/mol. The van der Waals surface area contributed by atoms with Gasteiger partial charge in [0.1, 0.15) is 0 Å². The smallest absolute Gasteiger partial charge is 0.338 e. The molecule has 0 aliphatic heterocycles. The van der Waals surface area contributed by atoms with Gasteiger partial charge in [-0.05, 0) is 50.1 Å². The maximum absolute atomic E-state index is 12.1. The number of aryl methyl sites for hydroxylation is 2. The second-order valence-electron chi connectivity index (χ2n) is 5.94. The molecule has 2 N–H and O–H groups in total. The van der Waals surface area contributed by atoms with Crippen molar-refractivity contribution in [2.24, 2.45) is 0 Å². The van der Waals surface area contributed by atoms with Crippen molar-refractivity contribution in [3.8, 4) is 0 Å². The van der Waals surface area contributed by atoms with Gasteiger partial charge in [-0.15, -0.1) is 0 Å². The van der Waals surface area contributed by atoms with E-state index in [2.05, 4.69) is 10.6 Å². The molecule has 5 heteroatoms. The van der Waals surface area contributed by atoms with Crippen LogP contribution in [0.25, 0.3) is 0 Å². The largest absolute Gasteiger partial charge is 0.462 e. The van der Waals surface area contributed by atoms with Gasteiger partial charge in [-0.1, -0.05) is 30.7 Å². The third-order valence-electron chi connectivity index (χ3n) is 3.64. The molecule has 0 saturated carbocycles. The van der Waals surface area contributed by atoms with Crippen molar-refractivity contribution >= 4 is 23.3 Å². The third kappa shape index (κ3) is 5.64. The van der Waals surface area contributed by atoms with Crippen molar-refractivity contribution in [3.63, 3.8) is 0 Å². The average Bonchev–Trinajstić information content (AvgIpc) is 2.60. The fourth-order valence-corrected chi connectivity index (χ4v) is 2.36. The molecule has 0 unspecified atom stereocenters. The molecule has 0 aliphatic rings. The maximum Gasteiger partial charge on any atom is 0.338 e. The van der Waals surface area contributed by atoms with Gasteiger partial charge in [0.2, 0.25) is 5.91 Å². The number of amides is 1. The van der Waals surface area contributed by atoms with Crippen LogP contribution < -0.4 is 10.6 Å². The van der Waals surface area contributed by atoms with Crippen molar-refractivity contribution in [1.29, 1.82) is 0 Å². The van der Waals surface area contributed by atoms with Gasteiger partial charge in [0.15, 0.2) is 0 Å². The van der Waals surface area contributed by atoms with Gasteiger partial charge in [0.05, 0.1) is 18.7 Å². The lowest BCUT2D eigenvalue weighted by molar-refractivity contribution is -0.114. The quantitative estimate of drug-likeness (QED) is 0.750. The number of hydrogen-bond acceptors (Lipinski definition) is 4. The monoisotopic (exact) mass is 340 g/mol. The molecule has 2 rings (SSSR count). The van der Waals surface area contributed by atoms with Crippen LogP contribution in [-0.2, 0) is 9.53 Å². The van der Waals surface area contributed by atoms with Gasteiger partial charge in [-0.25, -0.2) is 4.79 Å². The summed E-state index contributed by atoms with van der Waals surface area (Å²) in [5, 5.41) is 5.91. The van der Waals surface area contributed by atoms with E-state index < -0.39 is 0 Å². The molecule has 25 heavy (non-hydrogen) atoms. The number of anilines is 2. The molecule has 132 valence electrons. The Morgan fingerprint density at radius 1 is 1.08 bits per heavy atom. The van der Waals surface area contributed by atoms with Gasteiger partial charge < -0.3 is 15.4 Å². The van der Waals surface area contributed by atoms with E-state index in [-0.39, 0.29) is 18.4 Å². The minimum absolute atomic E-state index is 0.112. The standard InChI is InChI=1S/C20H24N2O3/c1-4-10-25-20(24)16-6-5-7-17(12-16)21-13-19(23)22-18-9-8-14(2)11-15(18)3/h5-9,11-12,21H,4,10,13H2,1-3H3,(H,22,23). The molecule has 0 aromatic heterocycles. The normalized spacial score (nSPS) is 10.2. The lowest BCUT2D eigenvalue weighted by atomic mass is 10.1. The second kappa shape index (κ2) is 8.87. The molecule has 0 radical (unpaired) electrons. The molecule has 0 fully saturated rings. The van der Waals surface area contributed by atoms with Crippen molar-refractivity contribution < 1.29 is 14.3 Å². The fourth-order valence-electron chi connectivity index (χ4n) is 2.36. The number of carbonyl (C=O) groups is 2. The Hall–Kier alpha value is -2.82. The van der Waals surface area contributed by atoms with Crippen molar-refractivity contribution in [3.05, 3.63) is 59.2 Å². The minimum Gasteiger partial charge on any atom is -0.462 e. The van der Waals surface area contributed by atoms with Crippen LogP contribution in [0.1, 0.15) is 34.8 Å². The Balaban J connectivity index is 1.92. The van der Waals surface area contributed by atoms with Crippen LogP contribution >= 0.6 is 0 Å². The lowest BCUT2D eigenvalue weighted by Gasteiger charge is -2.11. The summed E-state index contributed by atoms with van der Waals surface area (Å²) < 4.78 is 5.11. The van der Waals surface area contributed by atoms with Gasteiger partial charge in [0, 0.05) is 11.4 Å². The Morgan fingerprint density at radius 2 is 1.88 bits per heavy atom. The summed E-state index contributed by atoms with van der Waals surface area (Å²) in [6.07, 6.45) is 0.780. The summed E-state index contributed by atoms with van der Waals surface area (Å²) in [7, 11) is 0. The highest BCUT2D eigenvalue weighted by Crippen LogP contribution is 2.16. The predicted molar refractivity (Wildman–Crippen MR) is 100 cm³/mol. The minimum atomic E-state index is -0.356. The van der Waals surface area contributed by atoms with E-state index in [0.29, 0.717) is 17.9 Å². The molecular weight excluding hydrogens is 316 g/mol. The molecule has 2 aromatic carbocycles. The summed E-state index contributed by atoms with van der Waals surface area (Å²) in [5.74, 6) is -0.504. The molecule has 5 nitrogen and oxygen atoms in total. The highest BCUT2D eigenvalue weighted by Gasteiger charge is 2.09. The maximum atomic E-state index is 12.1. The number of nitrogens with one attached hydrogen (secondary N) is 2. The van der Waals surface area contributed by atoms with E-state index in [1.807, 2.05) is 39.0 Å². The second-order valence-corrected chi connectivity index (χ2v) is 5.94. The van der Waals surface area contributed by atoms with E-state index in [1.54, 1.807) is 24.3 Å². The molecule has 0 bridgehead atoms. The van der Waals surface area contributed by atoms with Gasteiger partial charge >= 0.3 is 5.97 Å². The predicted octanol–water partition coefficient (Wildman–Crippen LogP) is 3.92. The molecule has 0 aliphatic carbocycles. The molecular formula is C20H24N2O3. The Kier molecular flexibility index (Phi) is 6.57. The third-order valence-corrected chi connectivity index (χ3v) is 3.64. The van der Waals surface area contributed by atoms with Crippen LogP contribution in [-0.4, -0.2) is 25.0 Å². The van der Waals surface area contributed by atoms with E-state index in [4.69, 9.17) is 4.74 Å². The summed E-state index contributed by atoms with van der Waals surface area (Å²) in [5.41, 5.74) is 4.14. The number of benzene rings is 2. The number of ether oxygens (including phenoxy) is 1. The van der Waals surface area contributed by atoms with Crippen LogP contribution in [0.4, 0.5) is 11.4 Å². The van der Waals surface area contributed by atoms with E-state index in [9.17, 15) is 9.59 Å². The first kappa shape index (κ1) is 18.5. The Labute approximate surface area is 148 Å². The Morgan fingerprint density at radius 3 is 2.60 bits per heavy atom. The zero-order valence-corrected chi connectivity index (χ0v) is 14.9. The lowest BCUT2D eigenvalue weighted by Crippen LogP contribution is -2.22. The summed E-state index contributed by atoms with van der Waals surface area (Å²) >= 11 is 0. The van der Waals surface area contributed by atoms with Gasteiger partial charge in [-0.2, -0.15) is 0 Å². The van der Waals surface area contributed by atoms with Crippen molar-refractivity contribution in [1.82, 2.24) is 0 Å². The zero-order valence-electron chi connectivity index (χ0n) is 14.9. The van der Waals surface area contributed by atoms with Crippen LogP contribution in [0.3, 0.4) is 0 Å². The highest BCUT2D eigenvalue weighted by atomic mass is 16.5. The van der Waals surface area contributed by atoms with Gasteiger partial charge in [-0.3, -0.25) is 4.79 Å².